The van der Waals surface area contributed by atoms with Crippen LogP contribution in [0.25, 0.3) is 10.8 Å². The summed E-state index contributed by atoms with van der Waals surface area (Å²) in [5.41, 5.74) is -2.72. The molecule has 2 aromatic rings. The summed E-state index contributed by atoms with van der Waals surface area (Å²) >= 11 is 0. The molecule has 3 N–H and O–H groups in total. The summed E-state index contributed by atoms with van der Waals surface area (Å²) < 4.78 is 51.8. The molecule has 2 aromatic carbocycles. The van der Waals surface area contributed by atoms with E-state index in [2.05, 4.69) is 15.4 Å². The molecule has 1 saturated heterocycles. The lowest BCUT2D eigenvalue weighted by atomic mass is 9.85. The minimum atomic E-state index is -3.88. The number of fused-ring (bicyclic) bond motifs is 5. The maximum absolute atomic E-state index is 14.9. The number of hydrogen-bond donors (Lipinski definition) is 3. The average molecular weight is 798 g/mol. The number of hydrogen-bond acceptors (Lipinski definition) is 11. The number of rotatable bonds is 8. The third-order valence-corrected chi connectivity index (χ3v) is 13.9. The molecule has 3 saturated carbocycles. The van der Waals surface area contributed by atoms with Crippen molar-refractivity contribution < 1.29 is 46.5 Å². The molecule has 7 rings (SSSR count). The smallest absolute Gasteiger partial charge is 0.407 e. The fourth-order valence-electron chi connectivity index (χ4n) is 8.32. The van der Waals surface area contributed by atoms with Crippen LogP contribution in [0, 0.1) is 17.3 Å². The standard InChI is InChI=1S/C40H55N5O10S/c1-38(2,3)33-35(47)45-23-39(53-6,22-30(45)34(46)42-40(21-29(40)24-8-9-24)36(48)43-56(50,51)28-12-13-28)27-11-10-25-19-31(52-5)32(20-26(25)18-27)54-16-7-14-44(4)15-17-55-37(49)41-33/h10-11,18-20,24,28-30,33H,7-9,12-17,21-23H2,1-6H3,(H,41,49)(H,42,46)(H,43,48)/t29-,30-,33+,39-,40+/m0/s1. The highest BCUT2D eigenvalue weighted by molar-refractivity contribution is 7.91. The van der Waals surface area contributed by atoms with E-state index in [0.29, 0.717) is 62.4 Å². The third kappa shape index (κ3) is 8.01. The third-order valence-electron chi connectivity index (χ3n) is 12.1. The zero-order valence-electron chi connectivity index (χ0n) is 33.1. The van der Waals surface area contributed by atoms with Gasteiger partial charge >= 0.3 is 6.09 Å². The Morgan fingerprint density at radius 3 is 2.38 bits per heavy atom. The SMILES string of the molecule is COc1cc2ccc3cc2cc1OCCCN(C)CCOC(=O)N[C@@H](C(C)(C)C)C(=O)N1C[C@@]3(OC)C[C@H]1C(=O)N[C@]1(C(=O)NS(=O)(=O)C2CC2)C[C@H]1C1CC1. The molecule has 306 valence electrons. The molecule has 0 unspecified atom stereocenters. The number of likely N-dealkylation sites (N-methyl/N-ethyl adjacent to an activating group) is 1. The van der Waals surface area contributed by atoms with Crippen LogP contribution in [0.2, 0.25) is 0 Å². The molecule has 0 aromatic heterocycles. The Balaban J connectivity index is 1.27. The van der Waals surface area contributed by atoms with Gasteiger partial charge in [-0.3, -0.25) is 19.1 Å². The first kappa shape index (κ1) is 40.1. The molecule has 3 aliphatic carbocycles. The fraction of sp³-hybridized carbons (Fsp3) is 0.650. The summed E-state index contributed by atoms with van der Waals surface area (Å²) in [6.45, 7) is 7.04. The molecule has 5 atom stereocenters. The van der Waals surface area contributed by atoms with Crippen LogP contribution >= 0.6 is 0 Å². The van der Waals surface area contributed by atoms with Crippen molar-refractivity contribution in [3.05, 3.63) is 35.9 Å². The van der Waals surface area contributed by atoms with Gasteiger partial charge in [0.2, 0.25) is 21.8 Å². The first-order chi connectivity index (χ1) is 26.5. The number of nitrogens with zero attached hydrogens (tertiary/aromatic N) is 2. The van der Waals surface area contributed by atoms with Crippen molar-refractivity contribution in [2.75, 3.05) is 54.1 Å². The van der Waals surface area contributed by atoms with Crippen molar-refractivity contribution in [1.29, 1.82) is 0 Å². The van der Waals surface area contributed by atoms with Crippen LogP contribution in [0.3, 0.4) is 0 Å². The molecule has 4 fully saturated rings. The normalized spacial score (nSPS) is 29.3. The molecule has 5 bridgehead atoms. The molecule has 5 aliphatic rings. The van der Waals surface area contributed by atoms with Gasteiger partial charge in [0.25, 0.3) is 5.91 Å². The Hall–Kier alpha value is -4.15. The minimum Gasteiger partial charge on any atom is -0.493 e. The van der Waals surface area contributed by atoms with Crippen LogP contribution < -0.4 is 24.8 Å². The van der Waals surface area contributed by atoms with Crippen molar-refractivity contribution in [3.8, 4) is 11.5 Å². The van der Waals surface area contributed by atoms with E-state index in [1.807, 2.05) is 63.1 Å². The zero-order valence-corrected chi connectivity index (χ0v) is 34.0. The maximum atomic E-state index is 14.9. The molecule has 16 heteroatoms. The second-order valence-electron chi connectivity index (χ2n) is 17.3. The molecule has 56 heavy (non-hydrogen) atoms. The first-order valence-corrected chi connectivity index (χ1v) is 21.2. The molecule has 0 spiro atoms. The Morgan fingerprint density at radius 1 is 0.964 bits per heavy atom. The van der Waals surface area contributed by atoms with Gasteiger partial charge in [0.05, 0.1) is 25.5 Å². The number of amides is 4. The van der Waals surface area contributed by atoms with Crippen molar-refractivity contribution in [2.45, 2.75) is 94.2 Å². The van der Waals surface area contributed by atoms with E-state index in [1.165, 1.54) is 12.0 Å². The van der Waals surface area contributed by atoms with E-state index in [0.717, 1.165) is 23.6 Å². The number of benzene rings is 2. The van der Waals surface area contributed by atoms with Crippen molar-refractivity contribution in [3.63, 3.8) is 0 Å². The number of methoxy groups -OCH3 is 2. The highest BCUT2D eigenvalue weighted by atomic mass is 32.2. The monoisotopic (exact) mass is 797 g/mol. The van der Waals surface area contributed by atoms with Gasteiger partial charge in [-0.2, -0.15) is 0 Å². The summed E-state index contributed by atoms with van der Waals surface area (Å²) in [7, 11) is 1.16. The van der Waals surface area contributed by atoms with Gasteiger partial charge in [0.15, 0.2) is 11.5 Å². The van der Waals surface area contributed by atoms with Gasteiger partial charge in [-0.05, 0) is 97.4 Å². The Bertz CT molecular complexity index is 2000. The number of cyclic esters (lactones) is 1. The van der Waals surface area contributed by atoms with E-state index >= 15 is 0 Å². The lowest BCUT2D eigenvalue weighted by Crippen LogP contribution is -2.60. The highest BCUT2D eigenvalue weighted by Crippen LogP contribution is 2.57. The number of alkyl carbamates (subject to hydrolysis) is 1. The van der Waals surface area contributed by atoms with Crippen molar-refractivity contribution in [2.24, 2.45) is 17.3 Å². The molecule has 4 amide bonds. The van der Waals surface area contributed by atoms with E-state index in [4.69, 9.17) is 18.9 Å². The number of carbonyl (C=O) groups is 4. The van der Waals surface area contributed by atoms with Crippen LogP contribution in [-0.2, 0) is 39.5 Å². The van der Waals surface area contributed by atoms with Crippen LogP contribution in [0.15, 0.2) is 30.3 Å². The highest BCUT2D eigenvalue weighted by Gasteiger charge is 2.67. The van der Waals surface area contributed by atoms with Gasteiger partial charge in [-0.1, -0.05) is 32.9 Å². The number of ether oxygens (including phenoxy) is 4. The summed E-state index contributed by atoms with van der Waals surface area (Å²) in [6.07, 6.45) is 3.00. The molecule has 15 nitrogen and oxygen atoms in total. The van der Waals surface area contributed by atoms with Gasteiger partial charge in [0, 0.05) is 26.6 Å². The fourth-order valence-corrected chi connectivity index (χ4v) is 9.69. The van der Waals surface area contributed by atoms with E-state index in [1.54, 1.807) is 7.11 Å². The second-order valence-corrected chi connectivity index (χ2v) is 19.3. The van der Waals surface area contributed by atoms with Gasteiger partial charge < -0.3 is 39.4 Å². The van der Waals surface area contributed by atoms with Gasteiger partial charge in [-0.25, -0.2) is 13.2 Å². The largest absolute Gasteiger partial charge is 0.493 e. The Kier molecular flexibility index (Phi) is 10.7. The number of nitrogens with one attached hydrogen (secondary N) is 3. The van der Waals surface area contributed by atoms with E-state index in [9.17, 15) is 27.6 Å². The minimum absolute atomic E-state index is 0.0197. The molecule has 2 aliphatic heterocycles. The van der Waals surface area contributed by atoms with Crippen molar-refractivity contribution >= 4 is 44.6 Å². The molecule has 2 heterocycles. The predicted octanol–water partition coefficient (Wildman–Crippen LogP) is 3.04. The molecular weight excluding hydrogens is 743 g/mol. The second kappa shape index (κ2) is 15.0. The summed E-state index contributed by atoms with van der Waals surface area (Å²) in [4.78, 5) is 60.1. The lowest BCUT2D eigenvalue weighted by Gasteiger charge is -2.36. The summed E-state index contributed by atoms with van der Waals surface area (Å²) in [6, 6.07) is 7.34. The average Bonchev–Trinajstić information content (AvgIpc) is 4.02. The Morgan fingerprint density at radius 2 is 1.71 bits per heavy atom. The van der Waals surface area contributed by atoms with E-state index in [-0.39, 0.29) is 31.4 Å². The van der Waals surface area contributed by atoms with Crippen LogP contribution in [-0.4, -0.2) is 119 Å². The maximum Gasteiger partial charge on any atom is 0.407 e. The molecular formula is C40H55N5O10S. The van der Waals surface area contributed by atoms with Crippen LogP contribution in [0.4, 0.5) is 4.79 Å². The molecule has 0 radical (unpaired) electrons. The van der Waals surface area contributed by atoms with E-state index < -0.39 is 67.7 Å². The van der Waals surface area contributed by atoms with Crippen LogP contribution in [0.5, 0.6) is 11.5 Å². The Labute approximate surface area is 328 Å². The van der Waals surface area contributed by atoms with Gasteiger partial charge in [-0.15, -0.1) is 0 Å². The summed E-state index contributed by atoms with van der Waals surface area (Å²) in [5, 5.41) is 6.86. The predicted molar refractivity (Wildman–Crippen MR) is 206 cm³/mol. The topological polar surface area (TPSA) is 182 Å². The number of carbonyl (C=O) groups excluding carboxylic acids is 4. The van der Waals surface area contributed by atoms with Crippen LogP contribution in [0.1, 0.15) is 71.3 Å². The lowest BCUT2D eigenvalue weighted by molar-refractivity contribution is -0.143. The zero-order chi connectivity index (χ0) is 40.2. The quantitative estimate of drug-likeness (QED) is 0.357. The van der Waals surface area contributed by atoms with Crippen molar-refractivity contribution in [1.82, 2.24) is 25.2 Å². The summed E-state index contributed by atoms with van der Waals surface area (Å²) in [5.74, 6) is -0.742. The van der Waals surface area contributed by atoms with Gasteiger partial charge in [0.1, 0.15) is 29.8 Å². The first-order valence-electron chi connectivity index (χ1n) is 19.6. The number of sulfonamides is 1.